The molecular weight excluding hydrogens is 314 g/mol. The van der Waals surface area contributed by atoms with Gasteiger partial charge in [0.25, 0.3) is 5.91 Å². The van der Waals surface area contributed by atoms with E-state index in [1.54, 1.807) is 12.1 Å². The minimum atomic E-state index is -1.07. The Balaban J connectivity index is 2.00. The lowest BCUT2D eigenvalue weighted by Crippen LogP contribution is -2.40. The molecule has 1 atom stereocenters. The Morgan fingerprint density at radius 2 is 1.96 bits per heavy atom. The maximum Gasteiger partial charge on any atom is 0.326 e. The summed E-state index contributed by atoms with van der Waals surface area (Å²) >= 11 is 0. The van der Waals surface area contributed by atoms with Gasteiger partial charge in [-0.05, 0) is 24.1 Å². The fourth-order valence-electron chi connectivity index (χ4n) is 2.35. The van der Waals surface area contributed by atoms with Gasteiger partial charge in [-0.1, -0.05) is 25.5 Å². The highest BCUT2D eigenvalue weighted by Crippen LogP contribution is 2.11. The van der Waals surface area contributed by atoms with Gasteiger partial charge in [0.15, 0.2) is 0 Å². The Kier molecular flexibility index (Phi) is 5.51. The summed E-state index contributed by atoms with van der Waals surface area (Å²) in [4.78, 5) is 47.3. The van der Waals surface area contributed by atoms with Crippen molar-refractivity contribution in [1.29, 1.82) is 0 Å². The maximum absolute atomic E-state index is 12.1. The fraction of sp³-hybridized carbons (Fsp3) is 0.375. The molecule has 1 saturated heterocycles. The van der Waals surface area contributed by atoms with Gasteiger partial charge in [0.05, 0.1) is 13.1 Å². The predicted octanol–water partition coefficient (Wildman–Crippen LogP) is 0.721. The van der Waals surface area contributed by atoms with Gasteiger partial charge in [0.2, 0.25) is 5.91 Å². The molecule has 4 amide bonds. The minimum Gasteiger partial charge on any atom is -0.480 e. The first-order valence-corrected chi connectivity index (χ1v) is 7.63. The van der Waals surface area contributed by atoms with Crippen molar-refractivity contribution in [3.63, 3.8) is 0 Å². The van der Waals surface area contributed by atoms with Crippen LogP contribution < -0.4 is 10.6 Å². The Morgan fingerprint density at radius 3 is 2.46 bits per heavy atom. The van der Waals surface area contributed by atoms with Crippen molar-refractivity contribution in [3.8, 4) is 0 Å². The number of carbonyl (C=O) groups excluding carboxylic acids is 3. The summed E-state index contributed by atoms with van der Waals surface area (Å²) in [6.45, 7) is 1.96. The van der Waals surface area contributed by atoms with Gasteiger partial charge in [0.1, 0.15) is 6.04 Å². The summed E-state index contributed by atoms with van der Waals surface area (Å²) in [5, 5.41) is 14.0. The van der Waals surface area contributed by atoms with E-state index in [4.69, 9.17) is 5.11 Å². The van der Waals surface area contributed by atoms with Crippen LogP contribution in [0.4, 0.5) is 4.79 Å². The zero-order valence-electron chi connectivity index (χ0n) is 13.2. The largest absolute Gasteiger partial charge is 0.480 e. The molecule has 1 aliphatic rings. The summed E-state index contributed by atoms with van der Waals surface area (Å²) in [5.74, 6) is -1.84. The van der Waals surface area contributed by atoms with E-state index < -0.39 is 23.9 Å². The quantitative estimate of drug-likeness (QED) is 0.636. The van der Waals surface area contributed by atoms with Gasteiger partial charge in [-0.15, -0.1) is 0 Å². The average molecular weight is 333 g/mol. The monoisotopic (exact) mass is 333 g/mol. The van der Waals surface area contributed by atoms with E-state index in [-0.39, 0.29) is 19.0 Å². The molecule has 1 aromatic rings. The van der Waals surface area contributed by atoms with Gasteiger partial charge in [-0.25, -0.2) is 9.59 Å². The van der Waals surface area contributed by atoms with Crippen molar-refractivity contribution < 1.29 is 24.3 Å². The first kappa shape index (κ1) is 17.5. The standard InChI is InChI=1S/C16H19N3O5/c1-2-3-12(15(22)23)18-14(21)11-6-4-10(5-7-11)9-19-13(20)8-17-16(19)24/h4-7,12H,2-3,8-9H2,1H3,(H,17,24)(H,18,21)(H,22,23). The molecule has 1 aliphatic heterocycles. The normalized spacial score (nSPS) is 15.1. The number of benzene rings is 1. The van der Waals surface area contributed by atoms with Gasteiger partial charge < -0.3 is 15.7 Å². The van der Waals surface area contributed by atoms with Crippen molar-refractivity contribution >= 4 is 23.8 Å². The minimum absolute atomic E-state index is 0.00662. The van der Waals surface area contributed by atoms with Gasteiger partial charge >= 0.3 is 12.0 Å². The number of carboxylic acid groups (broad SMARTS) is 1. The van der Waals surface area contributed by atoms with E-state index in [1.165, 1.54) is 12.1 Å². The van der Waals surface area contributed by atoms with Crippen LogP contribution in [-0.2, 0) is 16.1 Å². The van der Waals surface area contributed by atoms with Crippen molar-refractivity contribution in [1.82, 2.24) is 15.5 Å². The van der Waals surface area contributed by atoms with E-state index in [0.29, 0.717) is 24.0 Å². The molecule has 0 saturated carbocycles. The Bertz CT molecular complexity index is 640. The lowest BCUT2D eigenvalue weighted by molar-refractivity contribution is -0.139. The van der Waals surface area contributed by atoms with Gasteiger partial charge in [-0.3, -0.25) is 14.5 Å². The molecule has 8 nitrogen and oxygen atoms in total. The van der Waals surface area contributed by atoms with Crippen molar-refractivity contribution in [2.45, 2.75) is 32.4 Å². The highest BCUT2D eigenvalue weighted by atomic mass is 16.4. The Hall–Kier alpha value is -2.90. The topological polar surface area (TPSA) is 116 Å². The molecule has 1 fully saturated rings. The Morgan fingerprint density at radius 1 is 1.29 bits per heavy atom. The average Bonchev–Trinajstić information content (AvgIpc) is 2.87. The van der Waals surface area contributed by atoms with Crippen LogP contribution in [0.5, 0.6) is 0 Å². The summed E-state index contributed by atoms with van der Waals surface area (Å²) in [6.07, 6.45) is 0.994. The van der Waals surface area contributed by atoms with E-state index in [0.717, 1.165) is 4.90 Å². The van der Waals surface area contributed by atoms with E-state index >= 15 is 0 Å². The second kappa shape index (κ2) is 7.58. The number of imide groups is 1. The molecule has 8 heteroatoms. The van der Waals surface area contributed by atoms with Crippen molar-refractivity contribution in [3.05, 3.63) is 35.4 Å². The lowest BCUT2D eigenvalue weighted by Gasteiger charge is -2.14. The van der Waals surface area contributed by atoms with Gasteiger partial charge in [0, 0.05) is 5.56 Å². The van der Waals surface area contributed by atoms with Crippen LogP contribution in [0.1, 0.15) is 35.7 Å². The van der Waals surface area contributed by atoms with Gasteiger partial charge in [-0.2, -0.15) is 0 Å². The highest BCUT2D eigenvalue weighted by molar-refractivity contribution is 6.02. The molecule has 3 N–H and O–H groups in total. The number of nitrogens with zero attached hydrogens (tertiary/aromatic N) is 1. The highest BCUT2D eigenvalue weighted by Gasteiger charge is 2.28. The molecule has 0 bridgehead atoms. The number of hydrogen-bond acceptors (Lipinski definition) is 4. The summed E-state index contributed by atoms with van der Waals surface area (Å²) in [6, 6.07) is 4.97. The number of rotatable bonds is 7. The number of carboxylic acids is 1. The van der Waals surface area contributed by atoms with E-state index in [9.17, 15) is 19.2 Å². The molecule has 2 rings (SSSR count). The third-order valence-electron chi connectivity index (χ3n) is 3.67. The second-order valence-electron chi connectivity index (χ2n) is 5.49. The Labute approximate surface area is 138 Å². The number of nitrogens with one attached hydrogen (secondary N) is 2. The number of hydrogen-bond donors (Lipinski definition) is 3. The lowest BCUT2D eigenvalue weighted by atomic mass is 10.1. The molecule has 24 heavy (non-hydrogen) atoms. The van der Waals surface area contributed by atoms with Crippen LogP contribution in [0, 0.1) is 0 Å². The number of amides is 4. The smallest absolute Gasteiger partial charge is 0.326 e. The zero-order chi connectivity index (χ0) is 17.7. The molecule has 128 valence electrons. The van der Waals surface area contributed by atoms with E-state index in [2.05, 4.69) is 10.6 Å². The summed E-state index contributed by atoms with van der Waals surface area (Å²) in [5.41, 5.74) is 1.01. The van der Waals surface area contributed by atoms with Crippen LogP contribution in [0.25, 0.3) is 0 Å². The van der Waals surface area contributed by atoms with Crippen molar-refractivity contribution in [2.24, 2.45) is 0 Å². The summed E-state index contributed by atoms with van der Waals surface area (Å²) < 4.78 is 0. The maximum atomic E-state index is 12.1. The fourth-order valence-corrected chi connectivity index (χ4v) is 2.35. The number of aliphatic carboxylic acids is 1. The number of carbonyl (C=O) groups is 4. The third-order valence-corrected chi connectivity index (χ3v) is 3.67. The zero-order valence-corrected chi connectivity index (χ0v) is 13.2. The first-order valence-electron chi connectivity index (χ1n) is 7.63. The molecular formula is C16H19N3O5. The molecule has 0 aromatic heterocycles. The molecule has 0 spiro atoms. The number of urea groups is 1. The molecule has 0 aliphatic carbocycles. The van der Waals surface area contributed by atoms with Crippen LogP contribution in [0.3, 0.4) is 0 Å². The van der Waals surface area contributed by atoms with E-state index in [1.807, 2.05) is 6.92 Å². The third kappa shape index (κ3) is 4.09. The first-order chi connectivity index (χ1) is 11.4. The van der Waals surface area contributed by atoms with Crippen LogP contribution in [-0.4, -0.2) is 46.4 Å². The summed E-state index contributed by atoms with van der Waals surface area (Å²) in [7, 11) is 0. The molecule has 0 radical (unpaired) electrons. The van der Waals surface area contributed by atoms with Crippen LogP contribution in [0.15, 0.2) is 24.3 Å². The van der Waals surface area contributed by atoms with Crippen LogP contribution in [0.2, 0.25) is 0 Å². The SMILES string of the molecule is CCCC(NC(=O)c1ccc(CN2C(=O)CNC2=O)cc1)C(=O)O. The molecule has 1 heterocycles. The van der Waals surface area contributed by atoms with Crippen LogP contribution >= 0.6 is 0 Å². The molecule has 1 unspecified atom stereocenters. The molecule has 1 aromatic carbocycles. The van der Waals surface area contributed by atoms with Crippen molar-refractivity contribution in [2.75, 3.05) is 6.54 Å². The predicted molar refractivity (Wildman–Crippen MR) is 84.2 cm³/mol. The second-order valence-corrected chi connectivity index (χ2v) is 5.49.